The van der Waals surface area contributed by atoms with Crippen LogP contribution >= 0.6 is 0 Å². The van der Waals surface area contributed by atoms with Gasteiger partial charge < -0.3 is 4.81 Å². The van der Waals surface area contributed by atoms with E-state index in [-0.39, 0.29) is 11.8 Å². The van der Waals surface area contributed by atoms with Gasteiger partial charge in [-0.3, -0.25) is 9.59 Å². The molecule has 0 N–H and O–H groups in total. The molecule has 2 amide bonds. The maximum atomic E-state index is 10.5. The minimum absolute atomic E-state index is 0.190. The highest BCUT2D eigenvalue weighted by atomic mass is 16.2. The van der Waals surface area contributed by atoms with E-state index in [1.807, 2.05) is 0 Å². The summed E-state index contributed by atoms with van der Waals surface area (Å²) < 4.78 is 0. The molecule has 0 saturated heterocycles. The van der Waals surface area contributed by atoms with Gasteiger partial charge in [0.15, 0.2) is 0 Å². The van der Waals surface area contributed by atoms with Gasteiger partial charge in [0, 0.05) is 13.8 Å². The van der Waals surface area contributed by atoms with Crippen molar-refractivity contribution in [2.24, 2.45) is 0 Å². The molecule has 0 saturated carbocycles. The minimum Gasteiger partial charge on any atom is -0.334 e. The largest absolute Gasteiger partial charge is 0.334 e. The molecule has 0 aliphatic rings. The summed E-state index contributed by atoms with van der Waals surface area (Å²) in [4.78, 5) is 22.2. The molecule has 4 heteroatoms. The van der Waals surface area contributed by atoms with E-state index in [0.717, 1.165) is 0 Å². The predicted octanol–water partition coefficient (Wildman–Crippen LogP) is -0.219. The zero-order chi connectivity index (χ0) is 7.44. The maximum Gasteiger partial charge on any atom is 0.246 e. The predicted molar refractivity (Wildman–Crippen MR) is 36.2 cm³/mol. The highest BCUT2D eigenvalue weighted by Gasteiger charge is 2.09. The highest BCUT2D eigenvalue weighted by molar-refractivity contribution is 6.40. The molecule has 0 aliphatic heterocycles. The molecule has 0 rings (SSSR count). The summed E-state index contributed by atoms with van der Waals surface area (Å²) in [5.41, 5.74) is 0. The third-order valence-electron chi connectivity index (χ3n) is 1.08. The van der Waals surface area contributed by atoms with Crippen molar-refractivity contribution in [2.75, 3.05) is 0 Å². The lowest BCUT2D eigenvalue weighted by atomic mass is 9.96. The van der Waals surface area contributed by atoms with Crippen molar-refractivity contribution in [3.05, 3.63) is 0 Å². The number of carbonyl (C=O) groups excluding carboxylic acids is 2. The monoisotopic (exact) mass is 127 g/mol. The van der Waals surface area contributed by atoms with Crippen LogP contribution in [0, 0.1) is 0 Å². The molecule has 0 fully saturated rings. The van der Waals surface area contributed by atoms with Crippen LogP contribution in [0.15, 0.2) is 0 Å². The molecule has 0 aliphatic carbocycles. The lowest BCUT2D eigenvalue weighted by Crippen LogP contribution is -2.34. The first-order valence-electron chi connectivity index (χ1n) is 2.88. The molecular weight excluding hydrogens is 117 g/mol. The molecule has 0 unspecified atom stereocenters. The third kappa shape index (κ3) is 2.30. The summed E-state index contributed by atoms with van der Waals surface area (Å²) in [6, 6.07) is 0. The normalized spacial score (nSPS) is 8.33. The fourth-order valence-electron chi connectivity index (χ4n) is 0.667. The molecule has 0 heterocycles. The van der Waals surface area contributed by atoms with Gasteiger partial charge in [0.1, 0.15) is 0 Å². The van der Waals surface area contributed by atoms with Crippen molar-refractivity contribution in [1.82, 2.24) is 4.81 Å². The van der Waals surface area contributed by atoms with Gasteiger partial charge in [0.2, 0.25) is 19.2 Å². The number of amides is 2. The maximum absolute atomic E-state index is 10.5. The van der Waals surface area contributed by atoms with Gasteiger partial charge in [-0.2, -0.15) is 0 Å². The Morgan fingerprint density at radius 3 is 1.56 bits per heavy atom. The van der Waals surface area contributed by atoms with Gasteiger partial charge in [-0.15, -0.1) is 0 Å². The van der Waals surface area contributed by atoms with Crippen LogP contribution < -0.4 is 0 Å². The Balaban J connectivity index is 3.99. The van der Waals surface area contributed by atoms with E-state index in [1.54, 1.807) is 6.82 Å². The average molecular weight is 127 g/mol. The number of hydrogen-bond donors (Lipinski definition) is 0. The number of imide groups is 1. The van der Waals surface area contributed by atoms with E-state index in [4.69, 9.17) is 0 Å². The lowest BCUT2D eigenvalue weighted by Gasteiger charge is -2.12. The summed E-state index contributed by atoms with van der Waals surface area (Å²) in [6.07, 6.45) is 0. The first-order valence-corrected chi connectivity index (χ1v) is 2.88. The summed E-state index contributed by atoms with van der Waals surface area (Å²) >= 11 is 0. The fourth-order valence-corrected chi connectivity index (χ4v) is 0.667. The fraction of sp³-hybridized carbons (Fsp3) is 0.600. The Kier molecular flexibility index (Phi) is 2.98. The molecule has 0 aromatic rings. The first-order chi connectivity index (χ1) is 4.09. The van der Waals surface area contributed by atoms with Crippen LogP contribution in [0.3, 0.4) is 0 Å². The number of hydrogen-bond acceptors (Lipinski definition) is 2. The summed E-state index contributed by atoms with van der Waals surface area (Å²) in [5, 5.41) is 0. The summed E-state index contributed by atoms with van der Waals surface area (Å²) in [6.45, 7) is 4.53. The standard InChI is InChI=1S/C5H10BNO2/c1-4(8)7(6-3)5(2)9/h6H,1-3H3. The SMILES string of the molecule is CBN(C(C)=O)C(C)=O. The molecule has 0 atom stereocenters. The van der Waals surface area contributed by atoms with Crippen molar-refractivity contribution in [1.29, 1.82) is 0 Å². The Labute approximate surface area is 55.3 Å². The molecule has 0 bridgehead atoms. The van der Waals surface area contributed by atoms with Crippen molar-refractivity contribution >= 4 is 19.2 Å². The van der Waals surface area contributed by atoms with Crippen LogP contribution in [-0.4, -0.2) is 24.0 Å². The van der Waals surface area contributed by atoms with E-state index in [0.29, 0.717) is 7.41 Å². The van der Waals surface area contributed by atoms with Crippen molar-refractivity contribution in [3.63, 3.8) is 0 Å². The Bertz CT molecular complexity index is 121. The van der Waals surface area contributed by atoms with Crippen LogP contribution in [0.25, 0.3) is 0 Å². The second kappa shape index (κ2) is 3.27. The second-order valence-electron chi connectivity index (χ2n) is 1.78. The number of rotatable bonds is 1. The van der Waals surface area contributed by atoms with E-state index < -0.39 is 0 Å². The molecule has 0 aromatic carbocycles. The Morgan fingerprint density at radius 1 is 1.22 bits per heavy atom. The number of nitrogens with zero attached hydrogens (tertiary/aromatic N) is 1. The van der Waals surface area contributed by atoms with Gasteiger partial charge in [0.25, 0.3) is 0 Å². The Hall–Kier alpha value is -0.795. The van der Waals surface area contributed by atoms with E-state index in [2.05, 4.69) is 0 Å². The van der Waals surface area contributed by atoms with Crippen LogP contribution in [0.2, 0.25) is 6.82 Å². The average Bonchev–Trinajstić information content (AvgIpc) is 1.64. The smallest absolute Gasteiger partial charge is 0.246 e. The van der Waals surface area contributed by atoms with Gasteiger partial charge >= 0.3 is 0 Å². The van der Waals surface area contributed by atoms with E-state index in [1.165, 1.54) is 18.7 Å². The van der Waals surface area contributed by atoms with Crippen LogP contribution in [0.4, 0.5) is 0 Å². The molecule has 9 heavy (non-hydrogen) atoms. The van der Waals surface area contributed by atoms with E-state index >= 15 is 0 Å². The molecule has 0 spiro atoms. The molecule has 0 aromatic heterocycles. The van der Waals surface area contributed by atoms with Gasteiger partial charge in [-0.05, 0) is 0 Å². The zero-order valence-electron chi connectivity index (χ0n) is 5.97. The molecule has 50 valence electrons. The highest BCUT2D eigenvalue weighted by Crippen LogP contribution is 1.85. The lowest BCUT2D eigenvalue weighted by molar-refractivity contribution is -0.136. The minimum atomic E-state index is -0.190. The third-order valence-corrected chi connectivity index (χ3v) is 1.08. The quantitative estimate of drug-likeness (QED) is 0.456. The zero-order valence-corrected chi connectivity index (χ0v) is 5.97. The van der Waals surface area contributed by atoms with Crippen LogP contribution in [0.1, 0.15) is 13.8 Å². The topological polar surface area (TPSA) is 37.4 Å². The van der Waals surface area contributed by atoms with Gasteiger partial charge in [-0.1, -0.05) is 6.82 Å². The first kappa shape index (κ1) is 8.20. The summed E-state index contributed by atoms with van der Waals surface area (Å²) in [5.74, 6) is -0.380. The van der Waals surface area contributed by atoms with E-state index in [9.17, 15) is 9.59 Å². The second-order valence-corrected chi connectivity index (χ2v) is 1.78. The molecule has 3 nitrogen and oxygen atoms in total. The van der Waals surface area contributed by atoms with Crippen LogP contribution in [0.5, 0.6) is 0 Å². The van der Waals surface area contributed by atoms with Gasteiger partial charge in [-0.25, -0.2) is 0 Å². The molecule has 0 radical (unpaired) electrons. The van der Waals surface area contributed by atoms with Crippen molar-refractivity contribution in [3.8, 4) is 0 Å². The van der Waals surface area contributed by atoms with Crippen LogP contribution in [-0.2, 0) is 9.59 Å². The Morgan fingerprint density at radius 2 is 1.56 bits per heavy atom. The van der Waals surface area contributed by atoms with Crippen molar-refractivity contribution in [2.45, 2.75) is 20.7 Å². The summed E-state index contributed by atoms with van der Waals surface area (Å²) in [7, 11) is 0.463. The number of carbonyl (C=O) groups is 2. The van der Waals surface area contributed by atoms with Gasteiger partial charge in [0.05, 0.1) is 0 Å². The molecular formula is C5H10BNO2. The van der Waals surface area contributed by atoms with Crippen molar-refractivity contribution < 1.29 is 9.59 Å².